The van der Waals surface area contributed by atoms with Crippen molar-refractivity contribution in [3.05, 3.63) is 59.7 Å². The molecule has 0 atom stereocenters. The molecule has 34 heavy (non-hydrogen) atoms. The number of fused-ring (bicyclic) bond motifs is 2. The second-order valence-corrected chi connectivity index (χ2v) is 7.17. The van der Waals surface area contributed by atoms with E-state index in [2.05, 4.69) is 20.4 Å². The molecule has 0 saturated carbocycles. The van der Waals surface area contributed by atoms with Crippen molar-refractivity contribution < 1.29 is 29.3 Å². The molecule has 5 rings (SSSR count). The van der Waals surface area contributed by atoms with Crippen LogP contribution in [0.2, 0.25) is 0 Å². The van der Waals surface area contributed by atoms with Crippen LogP contribution in [0, 0.1) is 0 Å². The second kappa shape index (κ2) is 7.85. The summed E-state index contributed by atoms with van der Waals surface area (Å²) < 4.78 is 9.44. The van der Waals surface area contributed by atoms with E-state index in [0.717, 1.165) is 4.80 Å². The molecule has 5 aromatic rings. The molecule has 12 heteroatoms. The fraction of sp³-hybridized carbons (Fsp3) is 0.0909. The van der Waals surface area contributed by atoms with E-state index < -0.39 is 11.9 Å². The molecule has 170 valence electrons. The number of methoxy groups -OCH3 is 2. The van der Waals surface area contributed by atoms with Crippen LogP contribution in [0.5, 0.6) is 11.5 Å². The number of esters is 2. The number of hydrogen-bond donors (Lipinski definition) is 2. The monoisotopic (exact) mass is 460 g/mol. The maximum absolute atomic E-state index is 11.8. The second-order valence-electron chi connectivity index (χ2n) is 7.17. The Morgan fingerprint density at radius 3 is 1.76 bits per heavy atom. The summed E-state index contributed by atoms with van der Waals surface area (Å²) >= 11 is 0. The van der Waals surface area contributed by atoms with Crippen molar-refractivity contribution in [1.82, 2.24) is 30.0 Å². The van der Waals surface area contributed by atoms with Gasteiger partial charge in [-0.2, -0.15) is 0 Å². The first kappa shape index (κ1) is 20.9. The minimum absolute atomic E-state index is 0.107. The van der Waals surface area contributed by atoms with Gasteiger partial charge in [0, 0.05) is 0 Å². The lowest BCUT2D eigenvalue weighted by Gasteiger charge is -2.09. The molecule has 0 unspecified atom stereocenters. The SMILES string of the molecule is COC(=O)c1ccc2nn(-c3ccc(O)c(-n4nc5ccc(C(=O)OC)cc5n4)c3O)nc2c1. The zero-order chi connectivity index (χ0) is 24.0. The van der Waals surface area contributed by atoms with Gasteiger partial charge in [0.15, 0.2) is 11.4 Å². The molecule has 2 N–H and O–H groups in total. The molecule has 0 spiro atoms. The number of hydrogen-bond acceptors (Lipinski definition) is 10. The number of phenols is 2. The third-order valence-electron chi connectivity index (χ3n) is 5.13. The summed E-state index contributed by atoms with van der Waals surface area (Å²) in [6, 6.07) is 12.0. The fourth-order valence-corrected chi connectivity index (χ4v) is 3.44. The molecular weight excluding hydrogens is 444 g/mol. The summed E-state index contributed by atoms with van der Waals surface area (Å²) in [6.07, 6.45) is 0. The topological polar surface area (TPSA) is 154 Å². The predicted molar refractivity (Wildman–Crippen MR) is 117 cm³/mol. The van der Waals surface area contributed by atoms with Gasteiger partial charge in [0.1, 0.15) is 33.5 Å². The Hall–Kier alpha value is -5.00. The van der Waals surface area contributed by atoms with Crippen molar-refractivity contribution in [2.24, 2.45) is 0 Å². The number of phenolic OH excluding ortho intramolecular Hbond substituents is 2. The number of aromatic nitrogens is 6. The molecule has 0 fully saturated rings. The Labute approximate surface area is 190 Å². The van der Waals surface area contributed by atoms with Crippen LogP contribution >= 0.6 is 0 Å². The lowest BCUT2D eigenvalue weighted by atomic mass is 10.2. The van der Waals surface area contributed by atoms with Crippen LogP contribution in [-0.2, 0) is 9.47 Å². The quantitative estimate of drug-likeness (QED) is 0.381. The van der Waals surface area contributed by atoms with Gasteiger partial charge in [-0.1, -0.05) is 0 Å². The van der Waals surface area contributed by atoms with Crippen molar-refractivity contribution in [3.8, 4) is 22.9 Å². The Morgan fingerprint density at radius 2 is 1.21 bits per heavy atom. The van der Waals surface area contributed by atoms with Crippen LogP contribution in [0.3, 0.4) is 0 Å². The molecule has 0 aliphatic rings. The number of rotatable bonds is 4. The standard InChI is InChI=1S/C22H16N6O6/c1-33-21(31)11-3-5-13-15(9-11)25-27(23-13)17-7-8-18(29)19(20(17)30)28-24-14-6-4-12(22(32)34-2)10-16(14)26-28/h3-10,29-30H,1-2H3. The average molecular weight is 460 g/mol. The summed E-state index contributed by atoms with van der Waals surface area (Å²) in [7, 11) is 2.55. The van der Waals surface area contributed by atoms with E-state index in [4.69, 9.17) is 9.47 Å². The first-order valence-corrected chi connectivity index (χ1v) is 9.86. The van der Waals surface area contributed by atoms with Gasteiger partial charge in [-0.3, -0.25) is 0 Å². The first-order valence-electron chi connectivity index (χ1n) is 9.86. The zero-order valence-corrected chi connectivity index (χ0v) is 17.8. The largest absolute Gasteiger partial charge is 0.505 e. The highest BCUT2D eigenvalue weighted by Crippen LogP contribution is 2.36. The molecule has 2 heterocycles. The van der Waals surface area contributed by atoms with E-state index in [1.807, 2.05) is 0 Å². The minimum atomic E-state index is -0.531. The van der Waals surface area contributed by atoms with Crippen LogP contribution < -0.4 is 0 Å². The molecule has 0 bridgehead atoms. The Morgan fingerprint density at radius 1 is 0.706 bits per heavy atom. The van der Waals surface area contributed by atoms with Gasteiger partial charge in [0.25, 0.3) is 0 Å². The average Bonchev–Trinajstić information content (AvgIpc) is 3.45. The highest BCUT2D eigenvalue weighted by Gasteiger charge is 2.21. The van der Waals surface area contributed by atoms with Crippen molar-refractivity contribution in [1.29, 1.82) is 0 Å². The normalized spacial score (nSPS) is 11.1. The zero-order valence-electron chi connectivity index (χ0n) is 17.8. The van der Waals surface area contributed by atoms with Crippen LogP contribution in [0.15, 0.2) is 48.5 Å². The van der Waals surface area contributed by atoms with Gasteiger partial charge in [-0.05, 0) is 48.5 Å². The fourth-order valence-electron chi connectivity index (χ4n) is 3.44. The van der Waals surface area contributed by atoms with Crippen molar-refractivity contribution in [2.75, 3.05) is 14.2 Å². The number of benzene rings is 3. The summed E-state index contributed by atoms with van der Waals surface area (Å²) in [4.78, 5) is 25.8. The molecule has 0 amide bonds. The smallest absolute Gasteiger partial charge is 0.337 e. The Balaban J connectivity index is 1.61. The van der Waals surface area contributed by atoms with Crippen molar-refractivity contribution >= 4 is 34.0 Å². The van der Waals surface area contributed by atoms with Crippen LogP contribution in [0.4, 0.5) is 0 Å². The highest BCUT2D eigenvalue weighted by molar-refractivity contribution is 5.94. The van der Waals surface area contributed by atoms with E-state index in [-0.39, 0.29) is 28.4 Å². The third kappa shape index (κ3) is 3.33. The lowest BCUT2D eigenvalue weighted by Crippen LogP contribution is -2.05. The maximum atomic E-state index is 11.8. The van der Waals surface area contributed by atoms with Gasteiger partial charge in [0.2, 0.25) is 0 Å². The lowest BCUT2D eigenvalue weighted by molar-refractivity contribution is 0.0592. The van der Waals surface area contributed by atoms with Crippen LogP contribution in [0.25, 0.3) is 33.4 Å². The van der Waals surface area contributed by atoms with Gasteiger partial charge in [-0.25, -0.2) is 9.59 Å². The third-order valence-corrected chi connectivity index (χ3v) is 5.13. The summed E-state index contributed by atoms with van der Waals surface area (Å²) in [5.41, 5.74) is 2.26. The van der Waals surface area contributed by atoms with Gasteiger partial charge in [0.05, 0.1) is 25.3 Å². The minimum Gasteiger partial charge on any atom is -0.505 e. The van der Waals surface area contributed by atoms with E-state index in [1.165, 1.54) is 49.3 Å². The molecule has 2 aromatic heterocycles. The van der Waals surface area contributed by atoms with Crippen molar-refractivity contribution in [3.63, 3.8) is 0 Å². The van der Waals surface area contributed by atoms with Crippen molar-refractivity contribution in [2.45, 2.75) is 0 Å². The summed E-state index contributed by atoms with van der Waals surface area (Å²) in [5, 5.41) is 38.6. The predicted octanol–water partition coefficient (Wildman–Crippen LogP) is 2.14. The summed E-state index contributed by atoms with van der Waals surface area (Å²) in [5.74, 6) is -1.73. The Kier molecular flexibility index (Phi) is 4.82. The molecule has 0 saturated heterocycles. The number of nitrogens with zero attached hydrogens (tertiary/aromatic N) is 6. The molecule has 12 nitrogen and oxygen atoms in total. The number of carbonyl (C=O) groups excluding carboxylic acids is 2. The highest BCUT2D eigenvalue weighted by atomic mass is 16.5. The van der Waals surface area contributed by atoms with Gasteiger partial charge >= 0.3 is 11.9 Å². The molecular formula is C22H16N6O6. The molecule has 0 aliphatic heterocycles. The Bertz CT molecular complexity index is 1600. The molecule has 0 aliphatic carbocycles. The van der Waals surface area contributed by atoms with E-state index >= 15 is 0 Å². The number of ether oxygens (including phenoxy) is 2. The van der Waals surface area contributed by atoms with Crippen LogP contribution in [-0.4, -0.2) is 66.4 Å². The first-order chi connectivity index (χ1) is 16.4. The van der Waals surface area contributed by atoms with E-state index in [1.54, 1.807) is 18.2 Å². The number of aromatic hydroxyl groups is 2. The maximum Gasteiger partial charge on any atom is 0.337 e. The van der Waals surface area contributed by atoms with E-state index in [9.17, 15) is 19.8 Å². The summed E-state index contributed by atoms with van der Waals surface area (Å²) in [6.45, 7) is 0. The van der Waals surface area contributed by atoms with Crippen LogP contribution in [0.1, 0.15) is 20.7 Å². The number of carbonyl (C=O) groups is 2. The molecule has 3 aromatic carbocycles. The molecule has 0 radical (unpaired) electrons. The van der Waals surface area contributed by atoms with Gasteiger partial charge < -0.3 is 19.7 Å². The van der Waals surface area contributed by atoms with E-state index in [0.29, 0.717) is 27.6 Å². The van der Waals surface area contributed by atoms with Gasteiger partial charge in [-0.15, -0.1) is 30.0 Å².